The van der Waals surface area contributed by atoms with Crippen LogP contribution in [0.2, 0.25) is 0 Å². The van der Waals surface area contributed by atoms with Crippen LogP contribution < -0.4 is 20.9 Å². The second-order valence-electron chi connectivity index (χ2n) is 6.57. The quantitative estimate of drug-likeness (QED) is 0.333. The Morgan fingerprint density at radius 3 is 2.21 bits per heavy atom. The fraction of sp³-hybridized carbons (Fsp3) is 0.318. The highest BCUT2D eigenvalue weighted by Crippen LogP contribution is 2.11. The second-order valence-corrected chi connectivity index (χ2v) is 6.98. The van der Waals surface area contributed by atoms with Gasteiger partial charge in [0.2, 0.25) is 5.91 Å². The number of hydrogen-bond acceptors (Lipinski definition) is 4. The van der Waals surface area contributed by atoms with E-state index in [1.165, 1.54) is 5.56 Å². The summed E-state index contributed by atoms with van der Waals surface area (Å²) < 4.78 is 5.11. The van der Waals surface area contributed by atoms with Crippen LogP contribution in [-0.2, 0) is 17.8 Å². The first kappa shape index (κ1) is 22.4. The van der Waals surface area contributed by atoms with Crippen molar-refractivity contribution >= 4 is 29.0 Å². The molecule has 7 heteroatoms. The molecule has 0 saturated heterocycles. The maximum atomic E-state index is 12.2. The van der Waals surface area contributed by atoms with E-state index >= 15 is 0 Å². The average Bonchev–Trinajstić information content (AvgIpc) is 2.75. The van der Waals surface area contributed by atoms with E-state index in [4.69, 9.17) is 17.0 Å². The minimum Gasteiger partial charge on any atom is -0.497 e. The number of rotatable bonds is 9. The Hall–Kier alpha value is -2.93. The summed E-state index contributed by atoms with van der Waals surface area (Å²) >= 11 is 5.14. The summed E-state index contributed by atoms with van der Waals surface area (Å²) in [6, 6.07) is 15.1. The molecule has 2 rings (SSSR count). The number of benzene rings is 2. The van der Waals surface area contributed by atoms with Gasteiger partial charge >= 0.3 is 0 Å². The summed E-state index contributed by atoms with van der Waals surface area (Å²) in [5.41, 5.74) is 8.01. The molecule has 6 nitrogen and oxygen atoms in total. The van der Waals surface area contributed by atoms with Crippen molar-refractivity contribution in [3.05, 3.63) is 65.2 Å². The predicted octanol–water partition coefficient (Wildman–Crippen LogP) is 3.31. The van der Waals surface area contributed by atoms with Crippen LogP contribution in [-0.4, -0.2) is 23.9 Å². The van der Waals surface area contributed by atoms with Crippen molar-refractivity contribution in [3.8, 4) is 5.75 Å². The monoisotopic (exact) mass is 413 g/mol. The summed E-state index contributed by atoms with van der Waals surface area (Å²) in [6.45, 7) is 2.63. The molecule has 0 spiro atoms. The first-order chi connectivity index (χ1) is 14.0. The van der Waals surface area contributed by atoms with Gasteiger partial charge in [-0.25, -0.2) is 0 Å². The van der Waals surface area contributed by atoms with Crippen molar-refractivity contribution in [1.82, 2.24) is 16.2 Å². The first-order valence-corrected chi connectivity index (χ1v) is 10.0. The van der Waals surface area contributed by atoms with Crippen molar-refractivity contribution in [3.63, 3.8) is 0 Å². The van der Waals surface area contributed by atoms with Gasteiger partial charge in [-0.2, -0.15) is 0 Å². The lowest BCUT2D eigenvalue weighted by atomic mass is 10.0. The maximum Gasteiger partial charge on any atom is 0.238 e. The van der Waals surface area contributed by atoms with Gasteiger partial charge in [-0.3, -0.25) is 20.4 Å². The summed E-state index contributed by atoms with van der Waals surface area (Å²) in [5, 5.41) is 3.29. The van der Waals surface area contributed by atoms with Crippen LogP contribution in [0.4, 0.5) is 0 Å². The number of ether oxygens (including phenoxy) is 1. The van der Waals surface area contributed by atoms with Crippen LogP contribution in [0.3, 0.4) is 0 Å². The Kier molecular flexibility index (Phi) is 9.11. The molecule has 0 aliphatic heterocycles. The van der Waals surface area contributed by atoms with Crippen LogP contribution >= 0.6 is 12.2 Å². The molecule has 1 amide bonds. The van der Waals surface area contributed by atoms with Gasteiger partial charge in [-0.15, -0.1) is 0 Å². The lowest BCUT2D eigenvalue weighted by molar-refractivity contribution is -0.121. The normalized spacial score (nSPS) is 10.1. The highest BCUT2D eigenvalue weighted by Gasteiger charge is 2.09. The third-order valence-corrected chi connectivity index (χ3v) is 4.57. The van der Waals surface area contributed by atoms with Gasteiger partial charge < -0.3 is 10.1 Å². The summed E-state index contributed by atoms with van der Waals surface area (Å²) in [7, 11) is 1.62. The zero-order chi connectivity index (χ0) is 21.1. The molecule has 2 aromatic rings. The molecule has 0 heterocycles. The van der Waals surface area contributed by atoms with E-state index in [-0.39, 0.29) is 24.5 Å². The van der Waals surface area contributed by atoms with Crippen LogP contribution in [0.15, 0.2) is 48.5 Å². The molecule has 29 heavy (non-hydrogen) atoms. The summed E-state index contributed by atoms with van der Waals surface area (Å²) in [5.74, 6) is 0.436. The summed E-state index contributed by atoms with van der Waals surface area (Å²) in [6.07, 6.45) is 2.29. The van der Waals surface area contributed by atoms with Crippen LogP contribution in [0.5, 0.6) is 5.75 Å². The number of carbonyl (C=O) groups is 2. The zero-order valence-electron chi connectivity index (χ0n) is 16.8. The number of nitrogens with one attached hydrogen (secondary N) is 3. The number of hydrogen-bond donors (Lipinski definition) is 3. The number of aryl methyl sites for hydroxylation is 1. The molecule has 2 aromatic carbocycles. The van der Waals surface area contributed by atoms with Crippen LogP contribution in [0.1, 0.15) is 47.7 Å². The fourth-order valence-corrected chi connectivity index (χ4v) is 2.80. The fourth-order valence-electron chi connectivity index (χ4n) is 2.68. The molecule has 0 aliphatic carbocycles. The lowest BCUT2D eigenvalue weighted by Gasteiger charge is -2.12. The van der Waals surface area contributed by atoms with Gasteiger partial charge in [-0.05, 0) is 41.9 Å². The van der Waals surface area contributed by atoms with Gasteiger partial charge in [-0.1, -0.05) is 49.7 Å². The smallest absolute Gasteiger partial charge is 0.238 e. The van der Waals surface area contributed by atoms with Crippen molar-refractivity contribution in [2.75, 3.05) is 7.11 Å². The number of ketones is 1. The van der Waals surface area contributed by atoms with Crippen LogP contribution in [0, 0.1) is 0 Å². The molecule has 0 saturated carbocycles. The molecule has 0 unspecified atom stereocenters. The molecule has 0 atom stereocenters. The van der Waals surface area contributed by atoms with Gasteiger partial charge in [0.1, 0.15) is 5.75 Å². The molecular weight excluding hydrogens is 386 g/mol. The zero-order valence-corrected chi connectivity index (χ0v) is 17.6. The number of amides is 1. The number of carbonyl (C=O) groups excluding carboxylic acids is 2. The van der Waals surface area contributed by atoms with Crippen molar-refractivity contribution in [2.24, 2.45) is 0 Å². The van der Waals surface area contributed by atoms with E-state index in [2.05, 4.69) is 23.1 Å². The molecular formula is C22H27N3O3S. The Morgan fingerprint density at radius 1 is 0.931 bits per heavy atom. The standard InChI is InChI=1S/C22H27N3O3S/c1-3-4-16-5-9-18(10-6-16)20(26)13-14-21(27)24-25-22(29)23-15-17-7-11-19(28-2)12-8-17/h5-12H,3-4,13-15H2,1-2H3,(H,24,27)(H2,23,25,29). The summed E-state index contributed by atoms with van der Waals surface area (Å²) in [4.78, 5) is 24.2. The average molecular weight is 414 g/mol. The number of thiocarbonyl (C=S) groups is 1. The van der Waals surface area contributed by atoms with E-state index < -0.39 is 0 Å². The van der Waals surface area contributed by atoms with Crippen molar-refractivity contribution < 1.29 is 14.3 Å². The number of Topliss-reactive ketones (excluding diaryl/α,β-unsaturated/α-hetero) is 1. The Balaban J connectivity index is 1.66. The van der Waals surface area contributed by atoms with E-state index in [9.17, 15) is 9.59 Å². The van der Waals surface area contributed by atoms with Gasteiger partial charge in [0.25, 0.3) is 0 Å². The van der Waals surface area contributed by atoms with E-state index in [1.54, 1.807) is 7.11 Å². The minimum atomic E-state index is -0.297. The van der Waals surface area contributed by atoms with E-state index in [1.807, 2.05) is 48.5 Å². The van der Waals surface area contributed by atoms with E-state index in [0.29, 0.717) is 17.2 Å². The van der Waals surface area contributed by atoms with E-state index in [0.717, 1.165) is 24.2 Å². The molecule has 0 radical (unpaired) electrons. The van der Waals surface area contributed by atoms with Crippen molar-refractivity contribution in [1.29, 1.82) is 0 Å². The lowest BCUT2D eigenvalue weighted by Crippen LogP contribution is -2.46. The van der Waals surface area contributed by atoms with Crippen molar-refractivity contribution in [2.45, 2.75) is 39.2 Å². The largest absolute Gasteiger partial charge is 0.497 e. The van der Waals surface area contributed by atoms with Gasteiger partial charge in [0, 0.05) is 24.9 Å². The molecule has 0 bridgehead atoms. The number of methoxy groups -OCH3 is 1. The molecule has 154 valence electrons. The minimum absolute atomic E-state index is 0.0524. The molecule has 0 fully saturated rings. The molecule has 3 N–H and O–H groups in total. The Bertz CT molecular complexity index is 820. The first-order valence-electron chi connectivity index (χ1n) is 9.59. The Labute approximate surface area is 177 Å². The highest BCUT2D eigenvalue weighted by atomic mass is 32.1. The number of hydrazine groups is 1. The predicted molar refractivity (Wildman–Crippen MR) is 118 cm³/mol. The molecule has 0 aromatic heterocycles. The maximum absolute atomic E-state index is 12.2. The van der Waals surface area contributed by atoms with Gasteiger partial charge in [0.15, 0.2) is 10.9 Å². The van der Waals surface area contributed by atoms with Gasteiger partial charge in [0.05, 0.1) is 7.11 Å². The molecule has 0 aliphatic rings. The van der Waals surface area contributed by atoms with Crippen LogP contribution in [0.25, 0.3) is 0 Å². The second kappa shape index (κ2) is 11.8. The third kappa shape index (κ3) is 7.91. The Morgan fingerprint density at radius 2 is 1.59 bits per heavy atom. The topological polar surface area (TPSA) is 79.5 Å². The third-order valence-electron chi connectivity index (χ3n) is 4.32. The SMILES string of the molecule is CCCc1ccc(C(=O)CCC(=O)NNC(=S)NCc2ccc(OC)cc2)cc1. The highest BCUT2D eigenvalue weighted by molar-refractivity contribution is 7.80.